The van der Waals surface area contributed by atoms with E-state index < -0.39 is 6.10 Å². The minimum absolute atomic E-state index is 0.372. The molecule has 1 aromatic carbocycles. The van der Waals surface area contributed by atoms with Gasteiger partial charge in [0, 0.05) is 16.5 Å². The Labute approximate surface area is 127 Å². The fourth-order valence-corrected chi connectivity index (χ4v) is 2.47. The van der Waals surface area contributed by atoms with Crippen LogP contribution in [0.5, 0.6) is 0 Å². The van der Waals surface area contributed by atoms with Crippen LogP contribution in [-0.4, -0.2) is 21.4 Å². The molecule has 1 atom stereocenters. The zero-order valence-corrected chi connectivity index (χ0v) is 12.7. The minimum Gasteiger partial charge on any atom is -0.393 e. The molecule has 1 N–H and O–H groups in total. The van der Waals surface area contributed by atoms with Crippen LogP contribution in [0.2, 0.25) is 10.0 Å². The first kappa shape index (κ1) is 15.3. The van der Waals surface area contributed by atoms with Gasteiger partial charge in [-0.15, -0.1) is 0 Å². The summed E-state index contributed by atoms with van der Waals surface area (Å²) in [7, 11) is 0. The summed E-state index contributed by atoms with van der Waals surface area (Å²) in [5.74, 6) is 0.947. The molecule has 1 heterocycles. The molecule has 0 saturated carbocycles. The van der Waals surface area contributed by atoms with E-state index in [0.717, 1.165) is 12.0 Å². The second-order valence-electron chi connectivity index (χ2n) is 4.63. The van der Waals surface area contributed by atoms with Crippen LogP contribution in [0.25, 0.3) is 0 Å². The molecule has 108 valence electrons. The standard InChI is InChI=1S/C14H16Cl2N2O2/c1-2-4-9(19)7-14-17-13(18-20-14)8-10-11(15)5-3-6-12(10)16/h3,5-6,9,19H,2,4,7-8H2,1H3. The van der Waals surface area contributed by atoms with Gasteiger partial charge in [-0.1, -0.05) is 47.8 Å². The Morgan fingerprint density at radius 3 is 2.65 bits per heavy atom. The van der Waals surface area contributed by atoms with Crippen molar-refractivity contribution in [2.75, 3.05) is 0 Å². The third-order valence-corrected chi connectivity index (χ3v) is 3.65. The van der Waals surface area contributed by atoms with Crippen LogP contribution in [0.1, 0.15) is 37.0 Å². The molecule has 0 spiro atoms. The summed E-state index contributed by atoms with van der Waals surface area (Å²) in [5.41, 5.74) is 0.775. The van der Waals surface area contributed by atoms with Gasteiger partial charge in [0.1, 0.15) is 0 Å². The van der Waals surface area contributed by atoms with Gasteiger partial charge >= 0.3 is 0 Å². The monoisotopic (exact) mass is 314 g/mol. The highest BCUT2D eigenvalue weighted by atomic mass is 35.5. The second kappa shape index (κ2) is 7.07. The van der Waals surface area contributed by atoms with Crippen molar-refractivity contribution in [1.82, 2.24) is 10.1 Å². The van der Waals surface area contributed by atoms with E-state index >= 15 is 0 Å². The number of nitrogens with zero attached hydrogens (tertiary/aromatic N) is 2. The molecule has 1 unspecified atom stereocenters. The van der Waals surface area contributed by atoms with Gasteiger partial charge in [-0.25, -0.2) is 0 Å². The van der Waals surface area contributed by atoms with Crippen LogP contribution in [0.3, 0.4) is 0 Å². The smallest absolute Gasteiger partial charge is 0.229 e. The van der Waals surface area contributed by atoms with E-state index in [9.17, 15) is 5.11 Å². The van der Waals surface area contributed by atoms with Crippen LogP contribution in [0.15, 0.2) is 22.7 Å². The SMILES string of the molecule is CCCC(O)Cc1nc(Cc2c(Cl)cccc2Cl)no1. The third-order valence-electron chi connectivity index (χ3n) is 2.94. The van der Waals surface area contributed by atoms with E-state index in [4.69, 9.17) is 27.7 Å². The molecule has 0 radical (unpaired) electrons. The largest absolute Gasteiger partial charge is 0.393 e. The molecule has 2 aromatic rings. The van der Waals surface area contributed by atoms with Crippen LogP contribution in [-0.2, 0) is 12.8 Å². The molecule has 2 rings (SSSR count). The lowest BCUT2D eigenvalue weighted by atomic mass is 10.1. The van der Waals surface area contributed by atoms with Gasteiger partial charge in [0.05, 0.1) is 12.5 Å². The number of halogens is 2. The van der Waals surface area contributed by atoms with E-state index in [-0.39, 0.29) is 0 Å². The molecule has 0 aliphatic carbocycles. The molecule has 0 fully saturated rings. The summed E-state index contributed by atoms with van der Waals surface area (Å²) in [6, 6.07) is 5.33. The maximum atomic E-state index is 9.72. The number of aromatic nitrogens is 2. The molecule has 4 nitrogen and oxygen atoms in total. The first-order chi connectivity index (χ1) is 9.60. The summed E-state index contributed by atoms with van der Waals surface area (Å²) < 4.78 is 5.13. The second-order valence-corrected chi connectivity index (χ2v) is 5.44. The number of benzene rings is 1. The zero-order chi connectivity index (χ0) is 14.5. The van der Waals surface area contributed by atoms with Gasteiger partial charge < -0.3 is 9.63 Å². The van der Waals surface area contributed by atoms with Crippen LogP contribution < -0.4 is 0 Å². The Balaban J connectivity index is 2.06. The van der Waals surface area contributed by atoms with Crippen molar-refractivity contribution in [2.45, 2.75) is 38.7 Å². The molecule has 0 aliphatic heterocycles. The van der Waals surface area contributed by atoms with Crippen molar-refractivity contribution in [2.24, 2.45) is 0 Å². The number of aliphatic hydroxyl groups excluding tert-OH is 1. The molecule has 0 saturated heterocycles. The highest BCUT2D eigenvalue weighted by molar-refractivity contribution is 6.36. The van der Waals surface area contributed by atoms with E-state index in [1.165, 1.54) is 0 Å². The van der Waals surface area contributed by atoms with E-state index in [1.807, 2.05) is 6.92 Å². The zero-order valence-electron chi connectivity index (χ0n) is 11.1. The molecule has 0 bridgehead atoms. The van der Waals surface area contributed by atoms with Gasteiger partial charge in [-0.05, 0) is 24.1 Å². The molecule has 6 heteroatoms. The van der Waals surface area contributed by atoms with Gasteiger partial charge in [0.15, 0.2) is 5.82 Å². The highest BCUT2D eigenvalue weighted by Crippen LogP contribution is 2.26. The van der Waals surface area contributed by atoms with Gasteiger partial charge in [0.25, 0.3) is 0 Å². The maximum Gasteiger partial charge on any atom is 0.229 e. The van der Waals surface area contributed by atoms with Crippen molar-refractivity contribution in [3.63, 3.8) is 0 Å². The van der Waals surface area contributed by atoms with Crippen molar-refractivity contribution in [3.8, 4) is 0 Å². The molecule has 1 aromatic heterocycles. The Morgan fingerprint density at radius 2 is 2.00 bits per heavy atom. The van der Waals surface area contributed by atoms with Crippen molar-refractivity contribution < 1.29 is 9.63 Å². The van der Waals surface area contributed by atoms with Gasteiger partial charge in [-0.3, -0.25) is 0 Å². The van der Waals surface area contributed by atoms with Gasteiger partial charge in [-0.2, -0.15) is 4.98 Å². The van der Waals surface area contributed by atoms with Crippen molar-refractivity contribution in [1.29, 1.82) is 0 Å². The first-order valence-corrected chi connectivity index (χ1v) is 7.28. The Bertz CT molecular complexity index is 552. The lowest BCUT2D eigenvalue weighted by Crippen LogP contribution is -2.09. The molecular formula is C14H16Cl2N2O2. The summed E-state index contributed by atoms with van der Waals surface area (Å²) in [6.45, 7) is 2.02. The van der Waals surface area contributed by atoms with Crippen LogP contribution in [0, 0.1) is 0 Å². The summed E-state index contributed by atoms with van der Waals surface area (Å²) in [5, 5.41) is 14.8. The predicted octanol–water partition coefficient (Wildman–Crippen LogP) is 3.67. The third kappa shape index (κ3) is 3.95. The lowest BCUT2D eigenvalue weighted by molar-refractivity contribution is 0.151. The number of rotatable bonds is 6. The minimum atomic E-state index is -0.447. The molecular weight excluding hydrogens is 299 g/mol. The molecule has 20 heavy (non-hydrogen) atoms. The number of hydrogen-bond donors (Lipinski definition) is 1. The van der Waals surface area contributed by atoms with Crippen LogP contribution in [0.4, 0.5) is 0 Å². The molecule has 0 aliphatic rings. The Morgan fingerprint density at radius 1 is 1.30 bits per heavy atom. The Hall–Kier alpha value is -1.10. The fraction of sp³-hybridized carbons (Fsp3) is 0.429. The summed E-state index contributed by atoms with van der Waals surface area (Å²) in [4.78, 5) is 4.25. The summed E-state index contributed by atoms with van der Waals surface area (Å²) in [6.07, 6.45) is 1.96. The van der Waals surface area contributed by atoms with E-state index in [0.29, 0.717) is 41.0 Å². The first-order valence-electron chi connectivity index (χ1n) is 6.52. The normalized spacial score (nSPS) is 12.6. The number of aliphatic hydroxyl groups is 1. The summed E-state index contributed by atoms with van der Waals surface area (Å²) >= 11 is 12.2. The average molecular weight is 315 g/mol. The highest BCUT2D eigenvalue weighted by Gasteiger charge is 2.14. The number of hydrogen-bond acceptors (Lipinski definition) is 4. The van der Waals surface area contributed by atoms with Crippen molar-refractivity contribution in [3.05, 3.63) is 45.5 Å². The lowest BCUT2D eigenvalue weighted by Gasteiger charge is -2.04. The van der Waals surface area contributed by atoms with E-state index in [1.54, 1.807) is 18.2 Å². The van der Waals surface area contributed by atoms with Crippen molar-refractivity contribution >= 4 is 23.2 Å². The Kier molecular flexibility index (Phi) is 5.40. The van der Waals surface area contributed by atoms with Crippen LogP contribution >= 0.6 is 23.2 Å². The molecule has 0 amide bonds. The van der Waals surface area contributed by atoms with E-state index in [2.05, 4.69) is 10.1 Å². The maximum absolute atomic E-state index is 9.72. The van der Waals surface area contributed by atoms with Gasteiger partial charge in [0.2, 0.25) is 5.89 Å². The fourth-order valence-electron chi connectivity index (χ4n) is 1.94. The topological polar surface area (TPSA) is 59.2 Å². The quantitative estimate of drug-likeness (QED) is 0.883. The average Bonchev–Trinajstić information content (AvgIpc) is 2.82. The predicted molar refractivity (Wildman–Crippen MR) is 78.2 cm³/mol.